The standard InChI is InChI=1S/C24H18FN3OS2/c1-15-6-5-7-17(14-15)26-24-28(18-12-10-16(25)11-13-18)22(29)21(31-24)23-27(2)19-8-3-4-9-20(19)30-23/h3-14H,1-2H3/b23-21-,26-24?. The van der Waals surface area contributed by atoms with Crippen LogP contribution in [0.4, 0.5) is 21.5 Å². The molecular weight excluding hydrogens is 429 g/mol. The number of hydrogen-bond donors (Lipinski definition) is 0. The molecule has 7 heteroatoms. The van der Waals surface area contributed by atoms with Crippen LogP contribution < -0.4 is 9.80 Å². The Bertz CT molecular complexity index is 1250. The number of aryl methyl sites for hydroxylation is 1. The number of fused-ring (bicyclic) bond motifs is 1. The third-order valence-corrected chi connectivity index (χ3v) is 7.42. The predicted octanol–water partition coefficient (Wildman–Crippen LogP) is 6.31. The Morgan fingerprint density at radius 3 is 2.45 bits per heavy atom. The van der Waals surface area contributed by atoms with E-state index in [0.29, 0.717) is 15.8 Å². The Morgan fingerprint density at radius 2 is 1.71 bits per heavy atom. The highest BCUT2D eigenvalue weighted by Gasteiger charge is 2.40. The average Bonchev–Trinajstić information content (AvgIpc) is 3.26. The fraction of sp³-hybridized carbons (Fsp3) is 0.0833. The van der Waals surface area contributed by atoms with Crippen LogP contribution in [-0.2, 0) is 4.79 Å². The lowest BCUT2D eigenvalue weighted by Crippen LogP contribution is -2.29. The molecule has 2 aliphatic heterocycles. The van der Waals surface area contributed by atoms with Gasteiger partial charge in [-0.3, -0.25) is 9.69 Å². The average molecular weight is 448 g/mol. The summed E-state index contributed by atoms with van der Waals surface area (Å²) < 4.78 is 13.5. The summed E-state index contributed by atoms with van der Waals surface area (Å²) in [6.07, 6.45) is 0. The normalized spacial score (nSPS) is 19.5. The van der Waals surface area contributed by atoms with Gasteiger partial charge < -0.3 is 4.90 Å². The summed E-state index contributed by atoms with van der Waals surface area (Å²) >= 11 is 2.93. The van der Waals surface area contributed by atoms with Crippen molar-refractivity contribution in [1.29, 1.82) is 0 Å². The number of anilines is 2. The Balaban J connectivity index is 1.62. The number of amidine groups is 1. The third kappa shape index (κ3) is 3.64. The van der Waals surface area contributed by atoms with E-state index < -0.39 is 0 Å². The van der Waals surface area contributed by atoms with Crippen molar-refractivity contribution in [1.82, 2.24) is 0 Å². The van der Waals surface area contributed by atoms with Gasteiger partial charge in [0.1, 0.15) is 10.7 Å². The van der Waals surface area contributed by atoms with Crippen molar-refractivity contribution in [2.75, 3.05) is 16.8 Å². The molecule has 0 bridgehead atoms. The van der Waals surface area contributed by atoms with Crippen molar-refractivity contribution in [2.45, 2.75) is 11.8 Å². The first-order valence-electron chi connectivity index (χ1n) is 9.69. The maximum atomic E-state index is 13.6. The van der Waals surface area contributed by atoms with E-state index in [0.717, 1.165) is 26.9 Å². The number of rotatable bonds is 2. The number of nitrogens with zero attached hydrogens (tertiary/aromatic N) is 3. The lowest BCUT2D eigenvalue weighted by atomic mass is 10.2. The van der Waals surface area contributed by atoms with Gasteiger partial charge in [0, 0.05) is 11.9 Å². The largest absolute Gasteiger partial charge is 0.337 e. The molecule has 0 N–H and O–H groups in total. The van der Waals surface area contributed by atoms with E-state index in [1.54, 1.807) is 28.8 Å². The van der Waals surface area contributed by atoms with Crippen LogP contribution in [0.1, 0.15) is 5.56 Å². The number of benzene rings is 3. The van der Waals surface area contributed by atoms with Gasteiger partial charge in [0.15, 0.2) is 5.17 Å². The number of hydrogen-bond acceptors (Lipinski definition) is 5. The van der Waals surface area contributed by atoms with Gasteiger partial charge in [-0.25, -0.2) is 9.38 Å². The van der Waals surface area contributed by atoms with Crippen molar-refractivity contribution in [3.05, 3.63) is 94.1 Å². The molecule has 2 heterocycles. The molecule has 4 nitrogen and oxygen atoms in total. The zero-order valence-electron chi connectivity index (χ0n) is 16.9. The molecule has 2 aliphatic rings. The van der Waals surface area contributed by atoms with Crippen LogP contribution in [-0.4, -0.2) is 18.1 Å². The molecule has 0 aliphatic carbocycles. The Morgan fingerprint density at radius 1 is 0.935 bits per heavy atom. The first-order chi connectivity index (χ1) is 15.0. The summed E-state index contributed by atoms with van der Waals surface area (Å²) in [6.45, 7) is 2.00. The molecule has 0 unspecified atom stereocenters. The van der Waals surface area contributed by atoms with E-state index in [9.17, 15) is 9.18 Å². The minimum Gasteiger partial charge on any atom is -0.337 e. The summed E-state index contributed by atoms with van der Waals surface area (Å²) in [6, 6.07) is 21.8. The molecule has 0 aromatic heterocycles. The second-order valence-corrected chi connectivity index (χ2v) is 9.22. The third-order valence-electron chi connectivity index (χ3n) is 5.03. The number of halogens is 1. The van der Waals surface area contributed by atoms with Crippen LogP contribution in [0.5, 0.6) is 0 Å². The SMILES string of the molecule is Cc1cccc(N=C2S/C(=C3\Sc4ccccc4N3C)C(=O)N2c2ccc(F)cc2)c1. The monoisotopic (exact) mass is 447 g/mol. The van der Waals surface area contributed by atoms with Crippen LogP contribution in [0.2, 0.25) is 0 Å². The summed E-state index contributed by atoms with van der Waals surface area (Å²) in [4.78, 5) is 23.7. The molecule has 3 aromatic rings. The van der Waals surface area contributed by atoms with Gasteiger partial charge >= 0.3 is 0 Å². The van der Waals surface area contributed by atoms with Gasteiger partial charge in [-0.15, -0.1) is 0 Å². The topological polar surface area (TPSA) is 35.9 Å². The van der Waals surface area contributed by atoms with Crippen LogP contribution in [0.15, 0.2) is 92.6 Å². The number of para-hydroxylation sites is 1. The molecule has 154 valence electrons. The number of amides is 1. The van der Waals surface area contributed by atoms with E-state index in [-0.39, 0.29) is 11.7 Å². The van der Waals surface area contributed by atoms with Crippen molar-refractivity contribution in [3.63, 3.8) is 0 Å². The first-order valence-corrected chi connectivity index (χ1v) is 11.3. The molecule has 0 spiro atoms. The molecular formula is C24H18FN3OS2. The molecule has 0 radical (unpaired) electrons. The van der Waals surface area contributed by atoms with Gasteiger partial charge in [-0.1, -0.05) is 36.0 Å². The predicted molar refractivity (Wildman–Crippen MR) is 127 cm³/mol. The van der Waals surface area contributed by atoms with Gasteiger partial charge in [-0.05, 0) is 72.8 Å². The molecule has 0 saturated carbocycles. The maximum Gasteiger partial charge on any atom is 0.274 e. The van der Waals surface area contributed by atoms with Gasteiger partial charge in [0.05, 0.1) is 22.1 Å². The Kier molecular flexibility index (Phi) is 5.08. The smallest absolute Gasteiger partial charge is 0.274 e. The highest BCUT2D eigenvalue weighted by molar-refractivity contribution is 8.20. The summed E-state index contributed by atoms with van der Waals surface area (Å²) in [7, 11) is 1.97. The Labute approximate surface area is 188 Å². The number of carbonyl (C=O) groups is 1. The van der Waals surface area contributed by atoms with E-state index in [1.807, 2.05) is 67.4 Å². The van der Waals surface area contributed by atoms with Crippen LogP contribution >= 0.6 is 23.5 Å². The lowest BCUT2D eigenvalue weighted by molar-refractivity contribution is -0.113. The van der Waals surface area contributed by atoms with Crippen molar-refractivity contribution < 1.29 is 9.18 Å². The summed E-state index contributed by atoms with van der Waals surface area (Å²) in [5, 5.41) is 1.42. The first kappa shape index (κ1) is 19.9. The highest BCUT2D eigenvalue weighted by Crippen LogP contribution is 2.50. The van der Waals surface area contributed by atoms with Crippen LogP contribution in [0, 0.1) is 12.7 Å². The molecule has 31 heavy (non-hydrogen) atoms. The number of carbonyl (C=O) groups excluding carboxylic acids is 1. The van der Waals surface area contributed by atoms with Crippen molar-refractivity contribution in [3.8, 4) is 0 Å². The number of aliphatic imine (C=N–C) groups is 1. The highest BCUT2D eigenvalue weighted by atomic mass is 32.2. The quantitative estimate of drug-likeness (QED) is 0.431. The number of thioether (sulfide) groups is 2. The maximum absolute atomic E-state index is 13.6. The summed E-state index contributed by atoms with van der Waals surface area (Å²) in [5.41, 5.74) is 3.51. The van der Waals surface area contributed by atoms with E-state index in [1.165, 1.54) is 23.9 Å². The van der Waals surface area contributed by atoms with Gasteiger partial charge in [0.2, 0.25) is 0 Å². The van der Waals surface area contributed by atoms with Crippen LogP contribution in [0.3, 0.4) is 0 Å². The lowest BCUT2D eigenvalue weighted by Gasteiger charge is -2.16. The summed E-state index contributed by atoms with van der Waals surface area (Å²) in [5.74, 6) is -0.509. The van der Waals surface area contributed by atoms with E-state index in [2.05, 4.69) is 0 Å². The molecule has 1 saturated heterocycles. The van der Waals surface area contributed by atoms with Crippen LogP contribution in [0.25, 0.3) is 0 Å². The second kappa shape index (κ2) is 7.90. The van der Waals surface area contributed by atoms with Gasteiger partial charge in [0.25, 0.3) is 5.91 Å². The van der Waals surface area contributed by atoms with Crippen molar-refractivity contribution >= 4 is 51.7 Å². The second-order valence-electron chi connectivity index (χ2n) is 7.22. The van der Waals surface area contributed by atoms with Crippen molar-refractivity contribution in [2.24, 2.45) is 4.99 Å². The zero-order chi connectivity index (χ0) is 21.5. The zero-order valence-corrected chi connectivity index (χ0v) is 18.5. The van der Waals surface area contributed by atoms with E-state index in [4.69, 9.17) is 4.99 Å². The van der Waals surface area contributed by atoms with E-state index >= 15 is 0 Å². The minimum atomic E-state index is -0.347. The fourth-order valence-electron chi connectivity index (χ4n) is 3.50. The molecule has 5 rings (SSSR count). The molecule has 1 amide bonds. The minimum absolute atomic E-state index is 0.162. The van der Waals surface area contributed by atoms with Gasteiger partial charge in [-0.2, -0.15) is 0 Å². The molecule has 3 aromatic carbocycles. The Hall–Kier alpha value is -3.03. The molecule has 0 atom stereocenters. The molecule has 1 fully saturated rings. The fourth-order valence-corrected chi connectivity index (χ4v) is 5.85.